The molecule has 0 bridgehead atoms. The van der Waals surface area contributed by atoms with Crippen molar-refractivity contribution in [3.05, 3.63) is 0 Å². The Morgan fingerprint density at radius 2 is 1.80 bits per heavy atom. The van der Waals surface area contributed by atoms with Gasteiger partial charge in [0.2, 0.25) is 0 Å². The second-order valence-corrected chi connectivity index (χ2v) is 5.85. The fourth-order valence-corrected chi connectivity index (χ4v) is 2.36. The zero-order valence-electron chi connectivity index (χ0n) is 13.5. The highest BCUT2D eigenvalue weighted by molar-refractivity contribution is 5.75. The number of carbonyl (C=O) groups excluding carboxylic acids is 1. The molecule has 0 saturated heterocycles. The van der Waals surface area contributed by atoms with Crippen molar-refractivity contribution in [2.75, 3.05) is 26.7 Å². The van der Waals surface area contributed by atoms with Crippen LogP contribution in [0.25, 0.3) is 0 Å². The first kappa shape index (κ1) is 17.4. The van der Waals surface area contributed by atoms with Crippen LogP contribution in [0.5, 0.6) is 0 Å². The molecular weight excluding hydrogens is 252 g/mol. The summed E-state index contributed by atoms with van der Waals surface area (Å²) in [6, 6.07) is 0.414. The summed E-state index contributed by atoms with van der Waals surface area (Å²) in [6.07, 6.45) is 8.18. The maximum atomic E-state index is 11.8. The van der Waals surface area contributed by atoms with Gasteiger partial charge in [-0.1, -0.05) is 26.7 Å². The molecule has 0 aromatic heterocycles. The minimum absolute atomic E-state index is 0.108. The maximum Gasteiger partial charge on any atom is 0.322 e. The van der Waals surface area contributed by atoms with Crippen molar-refractivity contribution in [3.63, 3.8) is 0 Å². The molecule has 0 aromatic carbocycles. The van der Waals surface area contributed by atoms with Crippen LogP contribution in [0.1, 0.15) is 58.8 Å². The molecule has 0 aromatic rings. The van der Waals surface area contributed by atoms with Crippen molar-refractivity contribution in [2.45, 2.75) is 70.9 Å². The summed E-state index contributed by atoms with van der Waals surface area (Å²) in [4.78, 5) is 14.3. The lowest BCUT2D eigenvalue weighted by atomic mass is 10.1. The van der Waals surface area contributed by atoms with Crippen LogP contribution in [0.4, 0.5) is 0 Å². The number of methoxy groups -OCH3 is 1. The standard InChI is InChI=1S/C16H32N2O2/c1-4-6-11-18(12-7-5-2)13-10-15(16(19)20-3)17-14-8-9-14/h14-15,17H,4-13H2,1-3H3. The Morgan fingerprint density at radius 3 is 2.25 bits per heavy atom. The molecule has 118 valence electrons. The molecule has 1 saturated carbocycles. The highest BCUT2D eigenvalue weighted by atomic mass is 16.5. The van der Waals surface area contributed by atoms with Gasteiger partial charge in [-0.25, -0.2) is 0 Å². The van der Waals surface area contributed by atoms with Crippen LogP contribution < -0.4 is 5.32 Å². The van der Waals surface area contributed by atoms with Crippen LogP contribution in [-0.2, 0) is 9.53 Å². The number of unbranched alkanes of at least 4 members (excludes halogenated alkanes) is 2. The molecule has 1 aliphatic rings. The van der Waals surface area contributed by atoms with E-state index < -0.39 is 0 Å². The van der Waals surface area contributed by atoms with E-state index in [1.54, 1.807) is 0 Å². The summed E-state index contributed by atoms with van der Waals surface area (Å²) >= 11 is 0. The van der Waals surface area contributed by atoms with Gasteiger partial charge in [0.05, 0.1) is 7.11 Å². The van der Waals surface area contributed by atoms with E-state index in [0.29, 0.717) is 6.04 Å². The molecule has 0 aliphatic heterocycles. The first-order valence-electron chi connectivity index (χ1n) is 8.27. The molecule has 1 rings (SSSR count). The SMILES string of the molecule is CCCCN(CCCC)CCC(NC1CC1)C(=O)OC. The number of ether oxygens (including phenoxy) is 1. The topological polar surface area (TPSA) is 41.6 Å². The maximum absolute atomic E-state index is 11.8. The fraction of sp³-hybridized carbons (Fsp3) is 0.938. The van der Waals surface area contributed by atoms with Crippen LogP contribution in [0.2, 0.25) is 0 Å². The van der Waals surface area contributed by atoms with E-state index in [0.717, 1.165) is 26.1 Å². The zero-order chi connectivity index (χ0) is 14.8. The van der Waals surface area contributed by atoms with E-state index >= 15 is 0 Å². The van der Waals surface area contributed by atoms with Gasteiger partial charge in [0, 0.05) is 12.6 Å². The molecule has 0 spiro atoms. The minimum atomic E-state index is -0.127. The minimum Gasteiger partial charge on any atom is -0.468 e. The summed E-state index contributed by atoms with van der Waals surface area (Å²) in [5.41, 5.74) is 0. The van der Waals surface area contributed by atoms with Crippen LogP contribution >= 0.6 is 0 Å². The van der Waals surface area contributed by atoms with Gasteiger partial charge < -0.3 is 15.0 Å². The molecule has 4 heteroatoms. The average molecular weight is 284 g/mol. The first-order valence-corrected chi connectivity index (χ1v) is 8.27. The Morgan fingerprint density at radius 1 is 1.20 bits per heavy atom. The van der Waals surface area contributed by atoms with Crippen LogP contribution in [0, 0.1) is 0 Å². The lowest BCUT2D eigenvalue weighted by molar-refractivity contribution is -0.143. The highest BCUT2D eigenvalue weighted by Gasteiger charge is 2.28. The van der Waals surface area contributed by atoms with Gasteiger partial charge >= 0.3 is 5.97 Å². The number of hydrogen-bond acceptors (Lipinski definition) is 4. The number of nitrogens with zero attached hydrogens (tertiary/aromatic N) is 1. The van der Waals surface area contributed by atoms with Crippen LogP contribution in [-0.4, -0.2) is 49.7 Å². The Kier molecular flexibility index (Phi) is 8.86. The summed E-state index contributed by atoms with van der Waals surface area (Å²) in [7, 11) is 1.48. The van der Waals surface area contributed by atoms with E-state index in [1.807, 2.05) is 0 Å². The second-order valence-electron chi connectivity index (χ2n) is 5.85. The number of carbonyl (C=O) groups is 1. The number of nitrogens with one attached hydrogen (secondary N) is 1. The van der Waals surface area contributed by atoms with Gasteiger partial charge in [-0.2, -0.15) is 0 Å². The van der Waals surface area contributed by atoms with Crippen molar-refractivity contribution in [3.8, 4) is 0 Å². The van der Waals surface area contributed by atoms with Crippen LogP contribution in [0.15, 0.2) is 0 Å². The molecule has 1 N–H and O–H groups in total. The second kappa shape index (κ2) is 10.2. The molecule has 1 unspecified atom stereocenters. The van der Waals surface area contributed by atoms with Crippen LogP contribution in [0.3, 0.4) is 0 Å². The van der Waals surface area contributed by atoms with Gasteiger partial charge in [-0.15, -0.1) is 0 Å². The lowest BCUT2D eigenvalue weighted by Gasteiger charge is -2.24. The Labute approximate surface area is 124 Å². The summed E-state index contributed by atoms with van der Waals surface area (Å²) < 4.78 is 4.92. The Balaban J connectivity index is 2.36. The molecule has 0 radical (unpaired) electrons. The predicted molar refractivity (Wildman–Crippen MR) is 82.8 cm³/mol. The fourth-order valence-electron chi connectivity index (χ4n) is 2.36. The largest absolute Gasteiger partial charge is 0.468 e. The van der Waals surface area contributed by atoms with E-state index in [4.69, 9.17) is 4.74 Å². The Bertz CT molecular complexity index is 259. The van der Waals surface area contributed by atoms with E-state index in [-0.39, 0.29) is 12.0 Å². The van der Waals surface area contributed by atoms with Gasteiger partial charge in [0.1, 0.15) is 6.04 Å². The smallest absolute Gasteiger partial charge is 0.322 e. The Hall–Kier alpha value is -0.610. The average Bonchev–Trinajstić information content (AvgIpc) is 3.28. The van der Waals surface area contributed by atoms with Gasteiger partial charge in [0.25, 0.3) is 0 Å². The normalized spacial score (nSPS) is 16.4. The van der Waals surface area contributed by atoms with Gasteiger partial charge in [-0.3, -0.25) is 4.79 Å². The predicted octanol–water partition coefficient (Wildman–Crippen LogP) is 2.57. The van der Waals surface area contributed by atoms with Gasteiger partial charge in [0.15, 0.2) is 0 Å². The van der Waals surface area contributed by atoms with E-state index in [1.165, 1.54) is 45.6 Å². The summed E-state index contributed by atoms with van der Waals surface area (Å²) in [6.45, 7) is 7.73. The molecule has 0 heterocycles. The summed E-state index contributed by atoms with van der Waals surface area (Å²) in [5.74, 6) is -0.108. The molecule has 1 aliphatic carbocycles. The molecule has 0 amide bonds. The number of hydrogen-bond donors (Lipinski definition) is 1. The number of esters is 1. The first-order chi connectivity index (χ1) is 9.71. The molecular formula is C16H32N2O2. The monoisotopic (exact) mass is 284 g/mol. The van der Waals surface area contributed by atoms with Crippen molar-refractivity contribution in [2.24, 2.45) is 0 Å². The number of rotatable bonds is 12. The third-order valence-corrected chi connectivity index (χ3v) is 3.89. The van der Waals surface area contributed by atoms with E-state index in [9.17, 15) is 4.79 Å². The zero-order valence-corrected chi connectivity index (χ0v) is 13.5. The third-order valence-electron chi connectivity index (χ3n) is 3.89. The molecule has 1 atom stereocenters. The lowest BCUT2D eigenvalue weighted by Crippen LogP contribution is -2.42. The van der Waals surface area contributed by atoms with Crippen molar-refractivity contribution < 1.29 is 9.53 Å². The van der Waals surface area contributed by atoms with Crippen molar-refractivity contribution >= 4 is 5.97 Å². The van der Waals surface area contributed by atoms with Crippen molar-refractivity contribution in [1.29, 1.82) is 0 Å². The molecule has 4 nitrogen and oxygen atoms in total. The highest BCUT2D eigenvalue weighted by Crippen LogP contribution is 2.20. The third kappa shape index (κ3) is 7.25. The summed E-state index contributed by atoms with van der Waals surface area (Å²) in [5, 5.41) is 3.41. The van der Waals surface area contributed by atoms with Crippen molar-refractivity contribution in [1.82, 2.24) is 10.2 Å². The quantitative estimate of drug-likeness (QED) is 0.559. The molecule has 1 fully saturated rings. The molecule has 20 heavy (non-hydrogen) atoms. The van der Waals surface area contributed by atoms with Gasteiger partial charge in [-0.05, 0) is 45.2 Å². The van der Waals surface area contributed by atoms with E-state index in [2.05, 4.69) is 24.1 Å².